The molecule has 0 aromatic heterocycles. The van der Waals surface area contributed by atoms with Crippen molar-refractivity contribution in [2.75, 3.05) is 13.3 Å². The van der Waals surface area contributed by atoms with Crippen LogP contribution in [0.25, 0.3) is 0 Å². The van der Waals surface area contributed by atoms with Gasteiger partial charge in [0.15, 0.2) is 0 Å². The molecular weight excluding hydrogens is 564 g/mol. The van der Waals surface area contributed by atoms with Crippen LogP contribution in [-0.2, 0) is 13.1 Å². The summed E-state index contributed by atoms with van der Waals surface area (Å²) in [6, 6.07) is 14.5. The lowest BCUT2D eigenvalue weighted by Gasteiger charge is -2.22. The third-order valence-electron chi connectivity index (χ3n) is 3.98. The van der Waals surface area contributed by atoms with Crippen LogP contribution in [0.4, 0.5) is 21.5 Å². The summed E-state index contributed by atoms with van der Waals surface area (Å²) in [5, 5.41) is 14.4. The molecule has 1 amide bonds. The van der Waals surface area contributed by atoms with E-state index in [1.165, 1.54) is 42.5 Å². The largest absolute Gasteiger partial charge is 0.747 e. The lowest BCUT2D eigenvalue weighted by Crippen LogP contribution is -2.15. The molecule has 8 nitrogen and oxygen atoms in total. The van der Waals surface area contributed by atoms with E-state index < -0.39 is 48.9 Å². The summed E-state index contributed by atoms with van der Waals surface area (Å²) < 4.78 is 51.8. The fourth-order valence-corrected chi connectivity index (χ4v) is 4.25. The highest BCUT2D eigenvalue weighted by molar-refractivity contribution is 14.1. The van der Waals surface area contributed by atoms with E-state index in [0.29, 0.717) is 10.7 Å². The number of carbonyl (C=O) groups is 1. The van der Waals surface area contributed by atoms with Crippen molar-refractivity contribution in [1.82, 2.24) is 0 Å². The molecule has 3 aromatic rings. The molecule has 0 fully saturated rings. The van der Waals surface area contributed by atoms with Crippen LogP contribution < -0.4 is 13.3 Å². The second kappa shape index (κ2) is 9.68. The van der Waals surface area contributed by atoms with Crippen molar-refractivity contribution in [3.05, 3.63) is 88.3 Å². The van der Waals surface area contributed by atoms with Crippen LogP contribution in [0.1, 0.15) is 10.4 Å². The zero-order valence-electron chi connectivity index (χ0n) is 15.4. The number of carbonyl (C=O) groups excluding carboxylic acids is 1. The molecule has 12 heteroatoms. The molecule has 3 rings (SSSR count). The summed E-state index contributed by atoms with van der Waals surface area (Å²) in [7, 11) is -3.88. The van der Waals surface area contributed by atoms with Gasteiger partial charge in [-0.15, -0.1) is 0 Å². The Bertz CT molecular complexity index is 1220. The molecule has 0 heterocycles. The Morgan fingerprint density at radius 3 is 2.23 bits per heavy atom. The monoisotopic (exact) mass is 576 g/mol. The van der Waals surface area contributed by atoms with E-state index in [0.717, 1.165) is 12.1 Å². The van der Waals surface area contributed by atoms with Gasteiger partial charge in [-0.05, 0) is 66.7 Å². The van der Waals surface area contributed by atoms with E-state index in [-0.39, 0.29) is 19.4 Å². The summed E-state index contributed by atoms with van der Waals surface area (Å²) in [5.74, 6) is -1.48. The molecule has 0 atom stereocenters. The van der Waals surface area contributed by atoms with Crippen molar-refractivity contribution in [3.8, 4) is 0 Å². The maximum absolute atomic E-state index is 13.7. The molecular formula is C19H13ClFIN3O5S-. The number of benzene rings is 3. The number of hydrogen-bond acceptors (Lipinski definition) is 5. The van der Waals surface area contributed by atoms with Gasteiger partial charge in [0.2, 0.25) is 0 Å². The molecule has 0 saturated heterocycles. The molecule has 3 aromatic carbocycles. The molecule has 0 spiro atoms. The molecule has 0 saturated carbocycles. The highest BCUT2D eigenvalue weighted by atomic mass is 127. The van der Waals surface area contributed by atoms with Crippen molar-refractivity contribution in [2.24, 2.45) is 0 Å². The molecule has 162 valence electrons. The van der Waals surface area contributed by atoms with E-state index in [4.69, 9.17) is 11.6 Å². The zero-order chi connectivity index (χ0) is 22.6. The van der Waals surface area contributed by atoms with Gasteiger partial charge in [-0.1, -0.05) is 11.6 Å². The van der Waals surface area contributed by atoms with E-state index in [1.54, 1.807) is 12.1 Å². The first-order chi connectivity index (χ1) is 14.7. The maximum atomic E-state index is 13.7. The van der Waals surface area contributed by atoms with Gasteiger partial charge in [0.05, 0.1) is 10.6 Å². The lowest BCUT2D eigenvalue weighted by molar-refractivity contribution is 0.102. The third kappa shape index (κ3) is 5.76. The van der Waals surface area contributed by atoms with E-state index >= 15 is 0 Å². The molecule has 0 radical (unpaired) electrons. The zero-order valence-corrected chi connectivity index (χ0v) is 19.1. The quantitative estimate of drug-likeness (QED) is 0.230. The molecule has 0 aliphatic carbocycles. The summed E-state index contributed by atoms with van der Waals surface area (Å²) in [4.78, 5) is 12.3. The Labute approximate surface area is 192 Å². The number of sulfonamides is 1. The molecule has 0 aliphatic heterocycles. The van der Waals surface area contributed by atoms with Crippen molar-refractivity contribution in [2.45, 2.75) is 4.90 Å². The van der Waals surface area contributed by atoms with Gasteiger partial charge >= 0.3 is 0 Å². The van der Waals surface area contributed by atoms with E-state index in [9.17, 15) is 25.9 Å². The SMILES string of the molecule is O=IN([O-])c1cc(NC(=O)c2ccc(S(=O)(=O)Nc3ccc(Cl)cc3)cc2)ccc1F. The van der Waals surface area contributed by atoms with Crippen molar-refractivity contribution >= 4 is 66.1 Å². The highest BCUT2D eigenvalue weighted by Gasteiger charge is 2.16. The number of halogens is 3. The van der Waals surface area contributed by atoms with Gasteiger partial charge in [0, 0.05) is 22.0 Å². The minimum absolute atomic E-state index is 0.0250. The van der Waals surface area contributed by atoms with Crippen molar-refractivity contribution < 1.29 is 20.7 Å². The van der Waals surface area contributed by atoms with Gasteiger partial charge in [-0.25, -0.2) is 15.9 Å². The summed E-state index contributed by atoms with van der Waals surface area (Å²) in [5.41, 5.74) is 0.119. The second-order valence-corrected chi connectivity index (χ2v) is 9.46. The minimum Gasteiger partial charge on any atom is -0.747 e. The first kappa shape index (κ1) is 23.1. The van der Waals surface area contributed by atoms with Crippen LogP contribution in [0, 0.1) is 11.0 Å². The smallest absolute Gasteiger partial charge is 0.262 e. The van der Waals surface area contributed by atoms with Crippen molar-refractivity contribution in [3.63, 3.8) is 0 Å². The van der Waals surface area contributed by atoms with Gasteiger partial charge in [0.25, 0.3) is 37.4 Å². The number of nitrogens with one attached hydrogen (secondary N) is 2. The van der Waals surface area contributed by atoms with Crippen LogP contribution in [0.15, 0.2) is 71.6 Å². The summed E-state index contributed by atoms with van der Waals surface area (Å²) in [6.07, 6.45) is 0. The average molecular weight is 577 g/mol. The van der Waals surface area contributed by atoms with Crippen LogP contribution >= 0.6 is 33.1 Å². The van der Waals surface area contributed by atoms with Gasteiger partial charge < -0.3 is 13.8 Å². The predicted octanol–water partition coefficient (Wildman–Crippen LogP) is 5.07. The minimum atomic E-state index is -3.88. The average Bonchev–Trinajstić information content (AvgIpc) is 2.76. The summed E-state index contributed by atoms with van der Waals surface area (Å²) in [6.45, 7) is 0. The van der Waals surface area contributed by atoms with Crippen LogP contribution in [0.5, 0.6) is 0 Å². The highest BCUT2D eigenvalue weighted by Crippen LogP contribution is 2.27. The summed E-state index contributed by atoms with van der Waals surface area (Å²) >= 11 is 3.62. The van der Waals surface area contributed by atoms with Gasteiger partial charge in [-0.2, -0.15) is 0 Å². The molecule has 0 aliphatic rings. The Morgan fingerprint density at radius 1 is 1.00 bits per heavy atom. The van der Waals surface area contributed by atoms with Crippen molar-refractivity contribution in [1.29, 1.82) is 0 Å². The topological polar surface area (TPSA) is 119 Å². The number of hydrogen-bond donors (Lipinski definition) is 2. The standard InChI is InChI=1S/C19H13ClFIN3O5S/c20-13-3-5-14(6-4-13)24-31(29,30)16-8-1-12(2-9-16)19(26)23-15-7-10-17(21)18(11-15)25(28)22-27/h1-11,24H,(H,23,26)/q-1. The fraction of sp³-hybridized carbons (Fsp3) is 0. The molecule has 2 N–H and O–H groups in total. The van der Waals surface area contributed by atoms with Crippen LogP contribution in [0.2, 0.25) is 5.02 Å². The fourth-order valence-electron chi connectivity index (χ4n) is 2.48. The van der Waals surface area contributed by atoms with Crippen LogP contribution in [-0.4, -0.2) is 14.3 Å². The second-order valence-electron chi connectivity index (χ2n) is 6.07. The Morgan fingerprint density at radius 2 is 1.61 bits per heavy atom. The van der Waals surface area contributed by atoms with Crippen LogP contribution in [0.3, 0.4) is 0 Å². The third-order valence-corrected chi connectivity index (χ3v) is 6.51. The molecule has 0 bridgehead atoms. The number of rotatable bonds is 7. The van der Waals surface area contributed by atoms with Gasteiger partial charge in [-0.3, -0.25) is 9.52 Å². The normalized spacial score (nSPS) is 11.1. The Kier molecular flexibility index (Phi) is 7.20. The number of nitrogens with zero attached hydrogens (tertiary/aromatic N) is 1. The molecule has 31 heavy (non-hydrogen) atoms. The lowest BCUT2D eigenvalue weighted by atomic mass is 10.2. The van der Waals surface area contributed by atoms with E-state index in [2.05, 4.69) is 10.0 Å². The molecule has 0 unspecified atom stereocenters. The first-order valence-electron chi connectivity index (χ1n) is 8.43. The maximum Gasteiger partial charge on any atom is 0.262 e. The van der Waals surface area contributed by atoms with E-state index in [1.807, 2.05) is 0 Å². The first-order valence-corrected chi connectivity index (χ1v) is 12.1. The van der Waals surface area contributed by atoms with Gasteiger partial charge in [0.1, 0.15) is 5.82 Å². The Balaban J connectivity index is 1.74. The number of anilines is 3. The number of amides is 1. The Hall–Kier alpha value is -2.61. The predicted molar refractivity (Wildman–Crippen MR) is 124 cm³/mol.